The number of benzene rings is 2. The molecule has 5 heteroatoms. The van der Waals surface area contributed by atoms with Crippen LogP contribution in [-0.4, -0.2) is 64.5 Å². The zero-order chi connectivity index (χ0) is 20.4. The van der Waals surface area contributed by atoms with Gasteiger partial charge in [0.2, 0.25) is 0 Å². The topological polar surface area (TPSA) is 22.6 Å². The second-order valence-electron chi connectivity index (χ2n) is 8.31. The van der Waals surface area contributed by atoms with E-state index in [9.17, 15) is 0 Å². The summed E-state index contributed by atoms with van der Waals surface area (Å²) in [6.07, 6.45) is 0. The third-order valence-corrected chi connectivity index (χ3v) is 6.38. The van der Waals surface area contributed by atoms with Crippen molar-refractivity contribution in [1.82, 2.24) is 9.88 Å². The number of fused-ring (bicyclic) bond motifs is 2. The Kier molecular flexibility index (Phi) is 6.36. The Hall–Kier alpha value is -1.98. The van der Waals surface area contributed by atoms with Crippen molar-refractivity contribution in [2.45, 2.75) is 11.8 Å². The molecule has 1 heterocycles. The number of nitrogens with zero attached hydrogens (tertiary/aromatic N) is 4. The van der Waals surface area contributed by atoms with Crippen LogP contribution < -0.4 is 9.80 Å². The highest BCUT2D eigenvalue weighted by Crippen LogP contribution is 2.37. The van der Waals surface area contributed by atoms with Crippen LogP contribution >= 0.6 is 11.8 Å². The fraction of sp³-hybridized carbons (Fsp3) is 0.435. The average molecular weight is 397 g/mol. The molecule has 0 N–H and O–H groups in total. The summed E-state index contributed by atoms with van der Waals surface area (Å²) in [5.74, 6) is 1.72. The van der Waals surface area contributed by atoms with E-state index in [1.54, 1.807) is 0 Å². The average Bonchev–Trinajstić information content (AvgIpc) is 2.63. The predicted molar refractivity (Wildman–Crippen MR) is 126 cm³/mol. The fourth-order valence-corrected chi connectivity index (χ4v) is 4.71. The number of hydrogen-bond donors (Lipinski definition) is 0. The van der Waals surface area contributed by atoms with Gasteiger partial charge in [0, 0.05) is 67.5 Å². The van der Waals surface area contributed by atoms with Crippen LogP contribution in [0.15, 0.2) is 41.3 Å². The Labute approximate surface area is 173 Å². The standard InChI is InChI=1S/C23H32N4S/c1-16(14-25(2)3)15-28-23-19-10-8-17(26(4)5)12-21(19)24-22-13-18(27(6)7)9-11-20(22)23/h8-13,16H,14-15H2,1-7H3. The monoisotopic (exact) mass is 396 g/mol. The Morgan fingerprint density at radius 3 is 1.75 bits per heavy atom. The molecule has 0 radical (unpaired) electrons. The summed E-state index contributed by atoms with van der Waals surface area (Å²) in [5, 5.41) is 2.50. The van der Waals surface area contributed by atoms with Crippen LogP contribution in [0.5, 0.6) is 0 Å². The van der Waals surface area contributed by atoms with Gasteiger partial charge in [-0.25, -0.2) is 4.98 Å². The summed E-state index contributed by atoms with van der Waals surface area (Å²) < 4.78 is 0. The van der Waals surface area contributed by atoms with Gasteiger partial charge < -0.3 is 14.7 Å². The maximum Gasteiger partial charge on any atom is 0.0741 e. The molecule has 0 saturated heterocycles. The molecule has 0 aliphatic heterocycles. The van der Waals surface area contributed by atoms with E-state index < -0.39 is 0 Å². The number of pyridine rings is 1. The van der Waals surface area contributed by atoms with Crippen molar-refractivity contribution in [3.8, 4) is 0 Å². The second-order valence-corrected chi connectivity index (χ2v) is 9.34. The highest BCUT2D eigenvalue weighted by atomic mass is 32.2. The third-order valence-electron chi connectivity index (χ3n) is 4.91. The Balaban J connectivity index is 2.12. The van der Waals surface area contributed by atoms with Crippen molar-refractivity contribution in [2.75, 3.05) is 64.4 Å². The van der Waals surface area contributed by atoms with Gasteiger partial charge in [0.1, 0.15) is 0 Å². The molecule has 3 rings (SSSR count). The molecule has 3 aromatic rings. The summed E-state index contributed by atoms with van der Waals surface area (Å²) in [4.78, 5) is 12.9. The van der Waals surface area contributed by atoms with Gasteiger partial charge in [0.05, 0.1) is 11.0 Å². The maximum atomic E-state index is 5.03. The maximum absolute atomic E-state index is 5.03. The van der Waals surface area contributed by atoms with Gasteiger partial charge in [-0.05, 0) is 56.4 Å². The minimum Gasteiger partial charge on any atom is -0.378 e. The Morgan fingerprint density at radius 2 is 1.32 bits per heavy atom. The van der Waals surface area contributed by atoms with Gasteiger partial charge in [-0.1, -0.05) is 6.92 Å². The molecule has 2 aromatic carbocycles. The number of hydrogen-bond acceptors (Lipinski definition) is 5. The first kappa shape index (κ1) is 20.7. The molecule has 1 atom stereocenters. The van der Waals surface area contributed by atoms with Crippen molar-refractivity contribution in [2.24, 2.45) is 5.92 Å². The van der Waals surface area contributed by atoms with E-state index >= 15 is 0 Å². The van der Waals surface area contributed by atoms with E-state index in [2.05, 4.69) is 100 Å². The number of rotatable bonds is 7. The van der Waals surface area contributed by atoms with Crippen molar-refractivity contribution in [1.29, 1.82) is 0 Å². The molecule has 4 nitrogen and oxygen atoms in total. The van der Waals surface area contributed by atoms with Gasteiger partial charge in [0.15, 0.2) is 0 Å². The Bertz CT molecular complexity index is 900. The van der Waals surface area contributed by atoms with Crippen molar-refractivity contribution >= 4 is 44.9 Å². The number of aromatic nitrogens is 1. The molecule has 0 aliphatic rings. The smallest absolute Gasteiger partial charge is 0.0741 e. The van der Waals surface area contributed by atoms with Crippen molar-refractivity contribution in [3.05, 3.63) is 36.4 Å². The van der Waals surface area contributed by atoms with Crippen LogP contribution in [0.25, 0.3) is 21.8 Å². The summed E-state index contributed by atoms with van der Waals surface area (Å²) in [7, 11) is 12.6. The van der Waals surface area contributed by atoms with Crippen LogP contribution in [0.1, 0.15) is 6.92 Å². The van der Waals surface area contributed by atoms with Gasteiger partial charge in [-0.3, -0.25) is 0 Å². The highest BCUT2D eigenvalue weighted by Gasteiger charge is 2.14. The van der Waals surface area contributed by atoms with Gasteiger partial charge in [-0.2, -0.15) is 0 Å². The number of anilines is 2. The predicted octanol–water partition coefficient (Wildman–Crippen LogP) is 4.81. The molecule has 0 spiro atoms. The van der Waals surface area contributed by atoms with Crippen molar-refractivity contribution in [3.63, 3.8) is 0 Å². The van der Waals surface area contributed by atoms with Crippen LogP contribution in [0.4, 0.5) is 11.4 Å². The SMILES string of the molecule is CC(CSc1c2ccc(N(C)C)cc2nc2cc(N(C)C)ccc12)CN(C)C. The molecule has 0 saturated carbocycles. The molecule has 0 aliphatic carbocycles. The van der Waals surface area contributed by atoms with Crippen LogP contribution in [0.3, 0.4) is 0 Å². The first-order valence-corrected chi connectivity index (χ1v) is 10.7. The van der Waals surface area contributed by atoms with Gasteiger partial charge >= 0.3 is 0 Å². The van der Waals surface area contributed by atoms with E-state index in [0.717, 1.165) is 23.3 Å². The Morgan fingerprint density at radius 1 is 0.821 bits per heavy atom. The van der Waals surface area contributed by atoms with Crippen LogP contribution in [0, 0.1) is 5.92 Å². The molecule has 150 valence electrons. The molecule has 28 heavy (non-hydrogen) atoms. The van der Waals surface area contributed by atoms with E-state index in [1.807, 2.05) is 11.8 Å². The van der Waals surface area contributed by atoms with Crippen LogP contribution in [-0.2, 0) is 0 Å². The first-order chi connectivity index (χ1) is 13.3. The lowest BCUT2D eigenvalue weighted by Crippen LogP contribution is -2.21. The quantitative estimate of drug-likeness (QED) is 0.421. The van der Waals surface area contributed by atoms with E-state index in [0.29, 0.717) is 5.92 Å². The zero-order valence-corrected chi connectivity index (χ0v) is 19.0. The lowest BCUT2D eigenvalue weighted by Gasteiger charge is -2.19. The molecular weight excluding hydrogens is 364 g/mol. The summed E-state index contributed by atoms with van der Waals surface area (Å²) in [6, 6.07) is 13.2. The molecule has 1 aromatic heterocycles. The summed E-state index contributed by atoms with van der Waals surface area (Å²) >= 11 is 1.96. The second kappa shape index (κ2) is 8.58. The molecular formula is C23H32N4S. The normalized spacial score (nSPS) is 12.7. The van der Waals surface area contributed by atoms with Crippen molar-refractivity contribution < 1.29 is 0 Å². The van der Waals surface area contributed by atoms with E-state index in [1.165, 1.54) is 27.0 Å². The van der Waals surface area contributed by atoms with Gasteiger partial charge in [0.25, 0.3) is 0 Å². The number of thioether (sulfide) groups is 1. The van der Waals surface area contributed by atoms with Gasteiger partial charge in [-0.15, -0.1) is 11.8 Å². The van der Waals surface area contributed by atoms with E-state index in [4.69, 9.17) is 4.98 Å². The van der Waals surface area contributed by atoms with E-state index in [-0.39, 0.29) is 0 Å². The minimum absolute atomic E-state index is 0.625. The lowest BCUT2D eigenvalue weighted by molar-refractivity contribution is 0.357. The molecule has 1 unspecified atom stereocenters. The van der Waals surface area contributed by atoms with Crippen LogP contribution in [0.2, 0.25) is 0 Å². The molecule has 0 bridgehead atoms. The highest BCUT2D eigenvalue weighted by molar-refractivity contribution is 7.99. The zero-order valence-electron chi connectivity index (χ0n) is 18.2. The lowest BCUT2D eigenvalue weighted by atomic mass is 10.1. The summed E-state index contributed by atoms with van der Waals surface area (Å²) in [6.45, 7) is 3.43. The fourth-order valence-electron chi connectivity index (χ4n) is 3.50. The first-order valence-electron chi connectivity index (χ1n) is 9.76. The molecule has 0 amide bonds. The third kappa shape index (κ3) is 4.53. The largest absolute Gasteiger partial charge is 0.378 e. The minimum atomic E-state index is 0.625. The molecule has 0 fully saturated rings. The summed E-state index contributed by atoms with van der Waals surface area (Å²) in [5.41, 5.74) is 4.50.